The normalized spacial score (nSPS) is 24.0. The van der Waals surface area contributed by atoms with Crippen LogP contribution in [0.2, 0.25) is 0 Å². The molecule has 2 heterocycles. The molecule has 1 saturated heterocycles. The van der Waals surface area contributed by atoms with Crippen LogP contribution < -0.4 is 0 Å². The minimum atomic E-state index is -3.37. The van der Waals surface area contributed by atoms with Crippen LogP contribution in [0, 0.1) is 0 Å². The van der Waals surface area contributed by atoms with E-state index in [1.165, 1.54) is 11.3 Å². The highest BCUT2D eigenvalue weighted by molar-refractivity contribution is 7.91. The zero-order valence-electron chi connectivity index (χ0n) is 10.4. The molecule has 0 aliphatic carbocycles. The number of hydrogen-bond acceptors (Lipinski definition) is 4. The highest BCUT2D eigenvalue weighted by Gasteiger charge is 2.34. The Morgan fingerprint density at radius 2 is 2.33 bits per heavy atom. The van der Waals surface area contributed by atoms with Crippen molar-refractivity contribution in [2.75, 3.05) is 6.54 Å². The van der Waals surface area contributed by atoms with Crippen molar-refractivity contribution in [3.63, 3.8) is 0 Å². The van der Waals surface area contributed by atoms with E-state index in [-0.39, 0.29) is 6.04 Å². The van der Waals surface area contributed by atoms with Crippen molar-refractivity contribution in [2.24, 2.45) is 0 Å². The summed E-state index contributed by atoms with van der Waals surface area (Å²) in [5.74, 6) is 0. The van der Waals surface area contributed by atoms with Gasteiger partial charge in [0.05, 0.1) is 6.10 Å². The van der Waals surface area contributed by atoms with Crippen LogP contribution >= 0.6 is 11.3 Å². The van der Waals surface area contributed by atoms with Crippen LogP contribution in [-0.4, -0.2) is 36.5 Å². The summed E-state index contributed by atoms with van der Waals surface area (Å²) < 4.78 is 27.0. The average Bonchev–Trinajstić information content (AvgIpc) is 2.82. The zero-order chi connectivity index (χ0) is 13.2. The molecule has 1 aliphatic heterocycles. The van der Waals surface area contributed by atoms with Gasteiger partial charge in [-0.2, -0.15) is 4.31 Å². The molecule has 0 saturated carbocycles. The first kappa shape index (κ1) is 14.0. The number of sulfonamides is 1. The third kappa shape index (κ3) is 2.93. The quantitative estimate of drug-likeness (QED) is 0.923. The van der Waals surface area contributed by atoms with Gasteiger partial charge < -0.3 is 5.11 Å². The maximum Gasteiger partial charge on any atom is 0.252 e. The van der Waals surface area contributed by atoms with Gasteiger partial charge in [0.1, 0.15) is 4.21 Å². The summed E-state index contributed by atoms with van der Waals surface area (Å²) in [6, 6.07) is 3.34. The smallest absolute Gasteiger partial charge is 0.252 e. The van der Waals surface area contributed by atoms with Crippen molar-refractivity contribution in [1.82, 2.24) is 4.31 Å². The standard InChI is InChI=1S/C12H19NO3S2/c1-10(14)9-11-5-2-3-7-13(11)18(15,16)12-6-4-8-17-12/h4,6,8,10-11,14H,2-3,5,7,9H2,1H3. The van der Waals surface area contributed by atoms with Gasteiger partial charge in [-0.05, 0) is 37.6 Å². The molecular weight excluding hydrogens is 270 g/mol. The fraction of sp³-hybridized carbons (Fsp3) is 0.667. The fourth-order valence-corrected chi connectivity index (χ4v) is 5.27. The minimum Gasteiger partial charge on any atom is -0.393 e. The molecule has 1 aromatic rings. The number of rotatable bonds is 4. The Morgan fingerprint density at radius 1 is 1.56 bits per heavy atom. The fourth-order valence-electron chi connectivity index (χ4n) is 2.45. The van der Waals surface area contributed by atoms with Crippen LogP contribution in [-0.2, 0) is 10.0 Å². The van der Waals surface area contributed by atoms with E-state index >= 15 is 0 Å². The first-order valence-corrected chi connectivity index (χ1v) is 8.57. The van der Waals surface area contributed by atoms with Gasteiger partial charge in [0.25, 0.3) is 10.0 Å². The number of nitrogens with zero attached hydrogens (tertiary/aromatic N) is 1. The molecule has 0 spiro atoms. The molecule has 0 amide bonds. The Hall–Kier alpha value is -0.430. The monoisotopic (exact) mass is 289 g/mol. The molecule has 6 heteroatoms. The maximum absolute atomic E-state index is 12.5. The van der Waals surface area contributed by atoms with Gasteiger partial charge in [-0.1, -0.05) is 12.5 Å². The molecule has 0 bridgehead atoms. The lowest BCUT2D eigenvalue weighted by atomic mass is 10.00. The topological polar surface area (TPSA) is 57.6 Å². The van der Waals surface area contributed by atoms with E-state index in [1.807, 2.05) is 0 Å². The van der Waals surface area contributed by atoms with Gasteiger partial charge in [-0.3, -0.25) is 0 Å². The second-order valence-electron chi connectivity index (χ2n) is 4.78. The van der Waals surface area contributed by atoms with E-state index in [2.05, 4.69) is 0 Å². The molecule has 4 nitrogen and oxygen atoms in total. The number of aliphatic hydroxyl groups excluding tert-OH is 1. The van der Waals surface area contributed by atoms with Crippen LogP contribution in [0.15, 0.2) is 21.7 Å². The summed E-state index contributed by atoms with van der Waals surface area (Å²) in [7, 11) is -3.37. The van der Waals surface area contributed by atoms with Crippen molar-refractivity contribution < 1.29 is 13.5 Å². The lowest BCUT2D eigenvalue weighted by Crippen LogP contribution is -2.44. The summed E-state index contributed by atoms with van der Waals surface area (Å²) in [4.78, 5) is 0. The molecule has 1 fully saturated rings. The molecule has 1 N–H and O–H groups in total. The molecule has 2 unspecified atom stereocenters. The molecule has 2 atom stereocenters. The van der Waals surface area contributed by atoms with Crippen molar-refractivity contribution in [1.29, 1.82) is 0 Å². The Labute approximate surface area is 112 Å². The lowest BCUT2D eigenvalue weighted by molar-refractivity contribution is 0.132. The second-order valence-corrected chi connectivity index (χ2v) is 7.85. The predicted molar refractivity (Wildman–Crippen MR) is 72.1 cm³/mol. The Bertz CT molecular complexity index is 468. The molecule has 0 aromatic carbocycles. The van der Waals surface area contributed by atoms with Crippen molar-refractivity contribution in [2.45, 2.75) is 49.0 Å². The van der Waals surface area contributed by atoms with Crippen LogP contribution in [0.5, 0.6) is 0 Å². The Kier molecular flexibility index (Phi) is 4.42. The van der Waals surface area contributed by atoms with Gasteiger partial charge in [0, 0.05) is 12.6 Å². The summed E-state index contributed by atoms with van der Waals surface area (Å²) in [6.45, 7) is 2.28. The van der Waals surface area contributed by atoms with E-state index in [0.29, 0.717) is 17.2 Å². The van der Waals surface area contributed by atoms with E-state index in [0.717, 1.165) is 19.3 Å². The van der Waals surface area contributed by atoms with Gasteiger partial charge in [-0.15, -0.1) is 11.3 Å². The summed E-state index contributed by atoms with van der Waals surface area (Å²) >= 11 is 1.25. The SMILES string of the molecule is CC(O)CC1CCCCN1S(=O)(=O)c1cccs1. The Balaban J connectivity index is 2.23. The van der Waals surface area contributed by atoms with Crippen molar-refractivity contribution in [3.8, 4) is 0 Å². The molecule has 1 aliphatic rings. The first-order valence-electron chi connectivity index (χ1n) is 6.25. The lowest BCUT2D eigenvalue weighted by Gasteiger charge is -2.34. The molecule has 0 radical (unpaired) electrons. The van der Waals surface area contributed by atoms with Gasteiger partial charge >= 0.3 is 0 Å². The van der Waals surface area contributed by atoms with Crippen LogP contribution in [0.1, 0.15) is 32.6 Å². The predicted octanol–water partition coefficient (Wildman–Crippen LogP) is 2.06. The highest BCUT2D eigenvalue weighted by Crippen LogP contribution is 2.29. The van der Waals surface area contributed by atoms with Gasteiger partial charge in [0.2, 0.25) is 0 Å². The molecule has 102 valence electrons. The third-order valence-electron chi connectivity index (χ3n) is 3.24. The van der Waals surface area contributed by atoms with Crippen LogP contribution in [0.4, 0.5) is 0 Å². The number of hydrogen-bond donors (Lipinski definition) is 1. The third-order valence-corrected chi connectivity index (χ3v) is 6.57. The summed E-state index contributed by atoms with van der Waals surface area (Å²) in [5.41, 5.74) is 0. The number of piperidine rings is 1. The molecule has 18 heavy (non-hydrogen) atoms. The van der Waals surface area contributed by atoms with E-state index < -0.39 is 16.1 Å². The molecular formula is C12H19NO3S2. The average molecular weight is 289 g/mol. The minimum absolute atomic E-state index is 0.0640. The van der Waals surface area contributed by atoms with Gasteiger partial charge in [-0.25, -0.2) is 8.42 Å². The van der Waals surface area contributed by atoms with E-state index in [4.69, 9.17) is 0 Å². The largest absolute Gasteiger partial charge is 0.393 e. The molecule has 1 aromatic heterocycles. The number of aliphatic hydroxyl groups is 1. The second kappa shape index (κ2) is 5.69. The molecule has 2 rings (SSSR count). The maximum atomic E-state index is 12.5. The van der Waals surface area contributed by atoms with Crippen LogP contribution in [0.3, 0.4) is 0 Å². The van der Waals surface area contributed by atoms with E-state index in [1.54, 1.807) is 28.7 Å². The van der Waals surface area contributed by atoms with Gasteiger partial charge in [0.15, 0.2) is 0 Å². The zero-order valence-corrected chi connectivity index (χ0v) is 12.1. The van der Waals surface area contributed by atoms with E-state index in [9.17, 15) is 13.5 Å². The van der Waals surface area contributed by atoms with Crippen LogP contribution in [0.25, 0.3) is 0 Å². The highest BCUT2D eigenvalue weighted by atomic mass is 32.2. The Morgan fingerprint density at radius 3 is 2.94 bits per heavy atom. The van der Waals surface area contributed by atoms with Crippen molar-refractivity contribution >= 4 is 21.4 Å². The van der Waals surface area contributed by atoms with Crippen molar-refractivity contribution in [3.05, 3.63) is 17.5 Å². The number of thiophene rings is 1. The summed E-state index contributed by atoms with van der Waals surface area (Å²) in [6.07, 6.45) is 2.84. The summed E-state index contributed by atoms with van der Waals surface area (Å²) in [5, 5.41) is 11.3. The first-order chi connectivity index (χ1) is 8.51.